The van der Waals surface area contributed by atoms with Crippen LogP contribution < -0.4 is 5.01 Å². The van der Waals surface area contributed by atoms with Crippen molar-refractivity contribution in [3.8, 4) is 10.6 Å². The van der Waals surface area contributed by atoms with Gasteiger partial charge in [0.05, 0.1) is 0 Å². The van der Waals surface area contributed by atoms with Crippen LogP contribution >= 0.6 is 22.9 Å². The molecule has 0 fully saturated rings. The van der Waals surface area contributed by atoms with Gasteiger partial charge in [0, 0.05) is 0 Å². The summed E-state index contributed by atoms with van der Waals surface area (Å²) in [5, 5.41) is 8.41. The molecule has 0 saturated carbocycles. The van der Waals surface area contributed by atoms with E-state index >= 15 is 0 Å². The van der Waals surface area contributed by atoms with Gasteiger partial charge >= 0.3 is 155 Å². The average molecular weight is 424 g/mol. The molecule has 0 saturated heterocycles. The number of aromatic nitrogens is 2. The average Bonchev–Trinajstić information content (AvgIpc) is 3.25. The van der Waals surface area contributed by atoms with Gasteiger partial charge in [-0.3, -0.25) is 0 Å². The molecule has 1 aromatic carbocycles. The molecule has 3 aromatic rings. The molecule has 1 amide bonds. The predicted molar refractivity (Wildman–Crippen MR) is 99.0 cm³/mol. The third kappa shape index (κ3) is 3.99. The Morgan fingerprint density at radius 1 is 1.38 bits per heavy atom. The number of anilines is 1. The van der Waals surface area contributed by atoms with Crippen molar-refractivity contribution in [1.82, 2.24) is 9.97 Å². The molecule has 0 spiro atoms. The summed E-state index contributed by atoms with van der Waals surface area (Å²) in [5.41, 5.74) is 2.56. The number of thiazole rings is 1. The van der Waals surface area contributed by atoms with E-state index in [0.717, 1.165) is 16.3 Å². The zero-order valence-corrected chi connectivity index (χ0v) is 16.0. The summed E-state index contributed by atoms with van der Waals surface area (Å²) in [4.78, 5) is 22.7. The number of rotatable bonds is 5. The van der Waals surface area contributed by atoms with Crippen molar-refractivity contribution in [2.75, 3.05) is 5.01 Å². The molecule has 2 heterocycles. The zero-order valence-electron chi connectivity index (χ0n) is 12.7. The molecule has 0 aliphatic rings. The van der Waals surface area contributed by atoms with Gasteiger partial charge in [0.15, 0.2) is 0 Å². The third-order valence-electron chi connectivity index (χ3n) is 3.00. The van der Waals surface area contributed by atoms with Gasteiger partial charge in [-0.25, -0.2) is 0 Å². The molecule has 0 unspecified atom stereocenters. The van der Waals surface area contributed by atoms with Crippen molar-refractivity contribution in [3.05, 3.63) is 52.0 Å². The van der Waals surface area contributed by atoms with Crippen LogP contribution in [0.15, 0.2) is 45.8 Å². The Bertz CT molecular complexity index is 862. The second-order valence-electron chi connectivity index (χ2n) is 4.77. The number of hydrazone groups is 1. The molecule has 0 N–H and O–H groups in total. The van der Waals surface area contributed by atoms with Crippen LogP contribution in [0, 0.1) is 0 Å². The third-order valence-corrected chi connectivity index (χ3v) is 6.00. The normalized spacial score (nSPS) is 11.1. The van der Waals surface area contributed by atoms with Crippen LogP contribution in [0.3, 0.4) is 0 Å². The molecule has 0 aliphatic carbocycles. The van der Waals surface area contributed by atoms with Crippen molar-refractivity contribution in [2.45, 2.75) is 12.8 Å². The van der Waals surface area contributed by atoms with Crippen LogP contribution in [-0.2, 0) is 10.7 Å². The van der Waals surface area contributed by atoms with Crippen LogP contribution in [0.5, 0.6) is 0 Å². The van der Waals surface area contributed by atoms with Gasteiger partial charge in [0.25, 0.3) is 0 Å². The molecular formula is C16H13ClN4OSSe. The van der Waals surface area contributed by atoms with E-state index in [1.807, 2.05) is 40.7 Å². The van der Waals surface area contributed by atoms with Crippen LogP contribution in [0.1, 0.15) is 18.3 Å². The Balaban J connectivity index is 1.80. The maximum atomic E-state index is 11.8. The van der Waals surface area contributed by atoms with Crippen LogP contribution in [-0.4, -0.2) is 36.6 Å². The van der Waals surface area contributed by atoms with E-state index < -0.39 is 0 Å². The van der Waals surface area contributed by atoms with Crippen molar-refractivity contribution in [1.29, 1.82) is 0 Å². The van der Waals surface area contributed by atoms with Crippen LogP contribution in [0.25, 0.3) is 10.6 Å². The number of hydrogen-bond donors (Lipinski definition) is 0. The Kier molecular flexibility index (Phi) is 5.58. The van der Waals surface area contributed by atoms with E-state index in [0.29, 0.717) is 16.3 Å². The van der Waals surface area contributed by atoms with Crippen molar-refractivity contribution in [3.63, 3.8) is 0 Å². The summed E-state index contributed by atoms with van der Waals surface area (Å²) in [6, 6.07) is 9.94. The van der Waals surface area contributed by atoms with Gasteiger partial charge in [-0.2, -0.15) is 0 Å². The first-order valence-electron chi connectivity index (χ1n) is 7.03. The fraction of sp³-hybridized carbons (Fsp3) is 0.125. The number of halogens is 1. The maximum absolute atomic E-state index is 11.8. The van der Waals surface area contributed by atoms with Gasteiger partial charge in [-0.1, -0.05) is 0 Å². The molecule has 3 rings (SSSR count). The Hall–Kier alpha value is -1.79. The Labute approximate surface area is 154 Å². The number of nitrogens with zero attached hydrogens (tertiary/aromatic N) is 4. The number of carbonyl (C=O) groups is 1. The van der Waals surface area contributed by atoms with E-state index in [-0.39, 0.29) is 20.4 Å². The van der Waals surface area contributed by atoms with E-state index in [4.69, 9.17) is 11.6 Å². The fourth-order valence-electron chi connectivity index (χ4n) is 1.90. The van der Waals surface area contributed by atoms with E-state index in [9.17, 15) is 4.79 Å². The minimum atomic E-state index is -0.186. The fourth-order valence-corrected chi connectivity index (χ4v) is 4.74. The molecule has 0 bridgehead atoms. The quantitative estimate of drug-likeness (QED) is 0.273. The van der Waals surface area contributed by atoms with Crippen molar-refractivity contribution < 1.29 is 4.79 Å². The number of amides is 1. The van der Waals surface area contributed by atoms with Crippen LogP contribution in [0.2, 0.25) is 0 Å². The van der Waals surface area contributed by atoms with Gasteiger partial charge in [0.2, 0.25) is 0 Å². The molecule has 8 heteroatoms. The molecule has 0 aliphatic heterocycles. The Morgan fingerprint density at radius 3 is 2.83 bits per heavy atom. The molecule has 122 valence electrons. The molecule has 5 nitrogen and oxygen atoms in total. The summed E-state index contributed by atoms with van der Waals surface area (Å²) in [7, 11) is 0. The van der Waals surface area contributed by atoms with Gasteiger partial charge in [-0.05, 0) is 0 Å². The molecular weight excluding hydrogens is 411 g/mol. The SMILES string of the molecule is CC(=O)N(/N=C/c1csc(-c2ccccc2)n1)c1nc(CCl)c[se]1. The van der Waals surface area contributed by atoms with E-state index in [1.165, 1.54) is 23.3 Å². The molecule has 0 atom stereocenters. The summed E-state index contributed by atoms with van der Waals surface area (Å²) in [5.74, 6) is 0.155. The predicted octanol–water partition coefficient (Wildman–Crippen LogP) is 3.39. The van der Waals surface area contributed by atoms with Crippen molar-refractivity contribution >= 4 is 54.3 Å². The van der Waals surface area contributed by atoms with E-state index in [1.54, 1.807) is 6.21 Å². The second-order valence-corrected chi connectivity index (χ2v) is 7.65. The number of benzene rings is 1. The summed E-state index contributed by atoms with van der Waals surface area (Å²) in [6.07, 6.45) is 1.58. The standard InChI is InChI=1S/C16H13ClN4OSSe/c1-11(22)21(16-20-13(7-17)10-24-16)18-8-14-9-23-15(19-14)12-5-3-2-4-6-12/h2-6,8-10H,7H2,1H3/b18-8+. The van der Waals surface area contributed by atoms with Crippen molar-refractivity contribution in [2.24, 2.45) is 5.10 Å². The molecule has 0 radical (unpaired) electrons. The molecule has 2 aromatic heterocycles. The number of carbonyl (C=O) groups excluding carboxylic acids is 1. The first-order chi connectivity index (χ1) is 11.7. The first-order valence-corrected chi connectivity index (χ1v) is 10.3. The summed E-state index contributed by atoms with van der Waals surface area (Å²) < 4.78 is 0.639. The van der Waals surface area contributed by atoms with E-state index in [2.05, 4.69) is 15.1 Å². The van der Waals surface area contributed by atoms with Gasteiger partial charge < -0.3 is 0 Å². The van der Waals surface area contributed by atoms with Gasteiger partial charge in [0.1, 0.15) is 0 Å². The Morgan fingerprint density at radius 2 is 2.17 bits per heavy atom. The monoisotopic (exact) mass is 424 g/mol. The minimum absolute atomic E-state index is 0.0372. The molecule has 24 heavy (non-hydrogen) atoms. The summed E-state index contributed by atoms with van der Waals surface area (Å²) in [6.45, 7) is 1.46. The van der Waals surface area contributed by atoms with Gasteiger partial charge in [-0.15, -0.1) is 0 Å². The first kappa shape index (κ1) is 17.0. The zero-order chi connectivity index (χ0) is 16.9. The number of alkyl halides is 1. The second kappa shape index (κ2) is 7.85. The summed E-state index contributed by atoms with van der Waals surface area (Å²) >= 11 is 7.28. The number of hydrogen-bond acceptors (Lipinski definition) is 5. The van der Waals surface area contributed by atoms with Crippen LogP contribution in [0.4, 0.5) is 4.69 Å². The topological polar surface area (TPSA) is 58.5 Å².